The minimum Gasteiger partial charge on any atom is -0.481 e. The SMILES string of the molecule is CCC[C@]1(C(=O)O)CN(S(=O)(=O)c2ccc(C)cc2F)CC[C@@H]1O. The van der Waals surface area contributed by atoms with E-state index in [0.29, 0.717) is 12.0 Å². The van der Waals surface area contributed by atoms with E-state index < -0.39 is 38.2 Å². The minimum atomic E-state index is -4.17. The summed E-state index contributed by atoms with van der Waals surface area (Å²) in [6.45, 7) is 3.00. The Morgan fingerprint density at radius 3 is 2.67 bits per heavy atom. The molecular weight excluding hydrogens is 337 g/mol. The first kappa shape index (κ1) is 18.8. The predicted octanol–water partition coefficient (Wildman–Crippen LogP) is 1.76. The third-order valence-corrected chi connectivity index (χ3v) is 6.45. The maximum absolute atomic E-state index is 14.1. The fraction of sp³-hybridized carbons (Fsp3) is 0.562. The molecular formula is C16H22FNO5S. The number of aliphatic hydroxyl groups excluding tert-OH is 1. The first-order chi connectivity index (χ1) is 11.1. The molecule has 0 amide bonds. The molecule has 2 rings (SSSR count). The van der Waals surface area contributed by atoms with Crippen LogP contribution < -0.4 is 0 Å². The highest BCUT2D eigenvalue weighted by Crippen LogP contribution is 2.37. The molecule has 1 aromatic rings. The van der Waals surface area contributed by atoms with Gasteiger partial charge in [0.2, 0.25) is 10.0 Å². The number of rotatable bonds is 5. The summed E-state index contributed by atoms with van der Waals surface area (Å²) in [4.78, 5) is 11.3. The number of benzene rings is 1. The lowest BCUT2D eigenvalue weighted by Crippen LogP contribution is -2.57. The van der Waals surface area contributed by atoms with Gasteiger partial charge in [-0.3, -0.25) is 4.79 Å². The molecule has 24 heavy (non-hydrogen) atoms. The molecule has 0 bridgehead atoms. The van der Waals surface area contributed by atoms with E-state index in [1.807, 2.05) is 0 Å². The van der Waals surface area contributed by atoms with Crippen LogP contribution in [0.25, 0.3) is 0 Å². The van der Waals surface area contributed by atoms with Gasteiger partial charge in [-0.25, -0.2) is 12.8 Å². The molecule has 0 spiro atoms. The number of aliphatic hydroxyl groups is 1. The van der Waals surface area contributed by atoms with Crippen molar-refractivity contribution in [2.24, 2.45) is 5.41 Å². The van der Waals surface area contributed by atoms with Gasteiger partial charge in [-0.15, -0.1) is 0 Å². The van der Waals surface area contributed by atoms with Crippen molar-refractivity contribution in [2.45, 2.75) is 44.1 Å². The summed E-state index contributed by atoms with van der Waals surface area (Å²) in [6, 6.07) is 3.81. The molecule has 6 nitrogen and oxygen atoms in total. The molecule has 1 heterocycles. The molecule has 0 saturated carbocycles. The molecule has 134 valence electrons. The number of carbonyl (C=O) groups is 1. The summed E-state index contributed by atoms with van der Waals surface area (Å²) in [5.74, 6) is -2.10. The van der Waals surface area contributed by atoms with Gasteiger partial charge in [-0.1, -0.05) is 19.4 Å². The Morgan fingerprint density at radius 2 is 2.12 bits per heavy atom. The van der Waals surface area contributed by atoms with Crippen molar-refractivity contribution in [3.8, 4) is 0 Å². The molecule has 0 aliphatic carbocycles. The van der Waals surface area contributed by atoms with Crippen LogP contribution in [-0.4, -0.2) is 48.1 Å². The Kier molecular flexibility index (Phi) is 5.31. The number of hydrogen-bond acceptors (Lipinski definition) is 4. The average Bonchev–Trinajstić information content (AvgIpc) is 2.48. The van der Waals surface area contributed by atoms with Crippen LogP contribution in [0.5, 0.6) is 0 Å². The van der Waals surface area contributed by atoms with Gasteiger partial charge in [0.25, 0.3) is 0 Å². The molecule has 8 heteroatoms. The van der Waals surface area contributed by atoms with Gasteiger partial charge in [0.1, 0.15) is 16.1 Å². The van der Waals surface area contributed by atoms with Crippen LogP contribution in [0.3, 0.4) is 0 Å². The highest BCUT2D eigenvalue weighted by molar-refractivity contribution is 7.89. The highest BCUT2D eigenvalue weighted by atomic mass is 32.2. The number of carboxylic acids is 1. The van der Waals surface area contributed by atoms with Gasteiger partial charge >= 0.3 is 5.97 Å². The Balaban J connectivity index is 2.42. The smallest absolute Gasteiger partial charge is 0.313 e. The lowest BCUT2D eigenvalue weighted by Gasteiger charge is -2.42. The van der Waals surface area contributed by atoms with Crippen LogP contribution in [0, 0.1) is 18.2 Å². The molecule has 0 unspecified atom stereocenters. The van der Waals surface area contributed by atoms with Crippen LogP contribution in [0.2, 0.25) is 0 Å². The minimum absolute atomic E-state index is 0.000982. The summed E-state index contributed by atoms with van der Waals surface area (Å²) in [5.41, 5.74) is -0.979. The lowest BCUT2D eigenvalue weighted by atomic mass is 9.74. The first-order valence-electron chi connectivity index (χ1n) is 7.83. The number of nitrogens with zero attached hydrogens (tertiary/aromatic N) is 1. The monoisotopic (exact) mass is 359 g/mol. The van der Waals surface area contributed by atoms with Crippen LogP contribution >= 0.6 is 0 Å². The zero-order valence-corrected chi connectivity index (χ0v) is 14.5. The van der Waals surface area contributed by atoms with Crippen LogP contribution in [0.4, 0.5) is 4.39 Å². The van der Waals surface area contributed by atoms with Crippen LogP contribution in [0.15, 0.2) is 23.1 Å². The van der Waals surface area contributed by atoms with Gasteiger partial charge in [0.15, 0.2) is 0 Å². The van der Waals surface area contributed by atoms with Crippen molar-refractivity contribution in [3.05, 3.63) is 29.6 Å². The summed E-state index contributed by atoms with van der Waals surface area (Å²) >= 11 is 0. The standard InChI is InChI=1S/C16H22FNO5S/c1-3-7-16(15(20)21)10-18(8-6-14(16)19)24(22,23)13-5-4-11(2)9-12(13)17/h4-5,9,14,19H,3,6-8,10H2,1-2H3,(H,20,21)/t14-,16-/m0/s1. The topological polar surface area (TPSA) is 94.9 Å². The third kappa shape index (κ3) is 3.18. The van der Waals surface area contributed by atoms with Crippen molar-refractivity contribution in [2.75, 3.05) is 13.1 Å². The lowest BCUT2D eigenvalue weighted by molar-refractivity contribution is -0.161. The molecule has 2 N–H and O–H groups in total. The normalized spacial score (nSPS) is 25.6. The maximum Gasteiger partial charge on any atom is 0.313 e. The predicted molar refractivity (Wildman–Crippen MR) is 85.5 cm³/mol. The Morgan fingerprint density at radius 1 is 1.46 bits per heavy atom. The van der Waals surface area contributed by atoms with E-state index in [4.69, 9.17) is 0 Å². The largest absolute Gasteiger partial charge is 0.481 e. The summed E-state index contributed by atoms with van der Waals surface area (Å²) in [5, 5.41) is 19.8. The number of aliphatic carboxylic acids is 1. The summed E-state index contributed by atoms with van der Waals surface area (Å²) < 4.78 is 40.6. The van der Waals surface area contributed by atoms with Gasteiger partial charge < -0.3 is 10.2 Å². The average molecular weight is 359 g/mol. The van der Waals surface area contributed by atoms with E-state index in [2.05, 4.69) is 0 Å². The second-order valence-corrected chi connectivity index (χ2v) is 8.19. The molecule has 0 aromatic heterocycles. The van der Waals surface area contributed by atoms with Gasteiger partial charge in [-0.05, 0) is 37.5 Å². The number of aryl methyl sites for hydroxylation is 1. The quantitative estimate of drug-likeness (QED) is 0.835. The zero-order valence-electron chi connectivity index (χ0n) is 13.7. The maximum atomic E-state index is 14.1. The van der Waals surface area contributed by atoms with E-state index in [1.165, 1.54) is 12.1 Å². The van der Waals surface area contributed by atoms with Crippen molar-refractivity contribution < 1.29 is 27.8 Å². The van der Waals surface area contributed by atoms with Crippen LogP contribution in [-0.2, 0) is 14.8 Å². The number of sulfonamides is 1. The summed E-state index contributed by atoms with van der Waals surface area (Å²) in [6.07, 6.45) is -0.509. The Labute approximate surface area is 141 Å². The second kappa shape index (κ2) is 6.78. The van der Waals surface area contributed by atoms with E-state index in [0.717, 1.165) is 10.4 Å². The van der Waals surface area contributed by atoms with Crippen molar-refractivity contribution >= 4 is 16.0 Å². The zero-order chi connectivity index (χ0) is 18.1. The second-order valence-electron chi connectivity index (χ2n) is 6.29. The molecule has 1 aromatic carbocycles. The van der Waals surface area contributed by atoms with E-state index in [-0.39, 0.29) is 25.9 Å². The number of carboxylic acid groups (broad SMARTS) is 1. The number of hydrogen-bond donors (Lipinski definition) is 2. The molecule has 0 radical (unpaired) electrons. The first-order valence-corrected chi connectivity index (χ1v) is 9.27. The van der Waals surface area contributed by atoms with Crippen molar-refractivity contribution in [1.29, 1.82) is 0 Å². The molecule has 1 aliphatic rings. The van der Waals surface area contributed by atoms with Crippen LogP contribution in [0.1, 0.15) is 31.7 Å². The fourth-order valence-corrected chi connectivity index (χ4v) is 4.78. The van der Waals surface area contributed by atoms with E-state index >= 15 is 0 Å². The van der Waals surface area contributed by atoms with Crippen molar-refractivity contribution in [1.82, 2.24) is 4.31 Å². The Bertz CT molecular complexity index is 736. The highest BCUT2D eigenvalue weighted by Gasteiger charge is 2.51. The molecule has 1 fully saturated rings. The third-order valence-electron chi connectivity index (χ3n) is 4.58. The van der Waals surface area contributed by atoms with Crippen molar-refractivity contribution in [3.63, 3.8) is 0 Å². The van der Waals surface area contributed by atoms with E-state index in [9.17, 15) is 27.8 Å². The Hall–Kier alpha value is -1.51. The summed E-state index contributed by atoms with van der Waals surface area (Å²) in [7, 11) is -4.17. The van der Waals surface area contributed by atoms with Gasteiger partial charge in [-0.2, -0.15) is 4.31 Å². The number of piperidine rings is 1. The van der Waals surface area contributed by atoms with Gasteiger partial charge in [0.05, 0.1) is 6.10 Å². The van der Waals surface area contributed by atoms with Gasteiger partial charge in [0, 0.05) is 13.1 Å². The molecule has 2 atom stereocenters. The molecule has 1 aliphatic heterocycles. The molecule has 1 saturated heterocycles. The van der Waals surface area contributed by atoms with E-state index in [1.54, 1.807) is 13.8 Å². The number of halogens is 1. The fourth-order valence-electron chi connectivity index (χ4n) is 3.21.